The molecule has 1 heterocycles. The highest BCUT2D eigenvalue weighted by atomic mass is 16.5. The SMILES string of the molecule is CCC(c1ccccc1O)N1CCOC(C)C1. The third-order valence-corrected chi connectivity index (χ3v) is 3.40. The van der Waals surface area contributed by atoms with Crippen LogP contribution in [0.5, 0.6) is 5.75 Å². The Balaban J connectivity index is 2.18. The van der Waals surface area contributed by atoms with Crippen molar-refractivity contribution in [2.45, 2.75) is 32.4 Å². The quantitative estimate of drug-likeness (QED) is 0.874. The van der Waals surface area contributed by atoms with E-state index in [2.05, 4.69) is 18.7 Å². The van der Waals surface area contributed by atoms with Gasteiger partial charge < -0.3 is 9.84 Å². The number of rotatable bonds is 3. The van der Waals surface area contributed by atoms with Gasteiger partial charge in [-0.3, -0.25) is 4.90 Å². The zero-order valence-electron chi connectivity index (χ0n) is 10.6. The Morgan fingerprint density at radius 1 is 1.47 bits per heavy atom. The smallest absolute Gasteiger partial charge is 0.120 e. The predicted octanol–water partition coefficient (Wildman–Crippen LogP) is 2.56. The Morgan fingerprint density at radius 2 is 2.24 bits per heavy atom. The molecular formula is C14H21NO2. The van der Waals surface area contributed by atoms with Crippen molar-refractivity contribution in [3.63, 3.8) is 0 Å². The number of para-hydroxylation sites is 1. The van der Waals surface area contributed by atoms with Crippen LogP contribution in [0.4, 0.5) is 0 Å². The van der Waals surface area contributed by atoms with Crippen molar-refractivity contribution in [2.75, 3.05) is 19.7 Å². The number of hydrogen-bond donors (Lipinski definition) is 1. The maximum absolute atomic E-state index is 9.95. The summed E-state index contributed by atoms with van der Waals surface area (Å²) in [6.07, 6.45) is 1.29. The molecule has 1 fully saturated rings. The van der Waals surface area contributed by atoms with Crippen molar-refractivity contribution in [1.82, 2.24) is 4.90 Å². The lowest BCUT2D eigenvalue weighted by Crippen LogP contribution is -2.43. The van der Waals surface area contributed by atoms with Crippen LogP contribution in [0, 0.1) is 0 Å². The van der Waals surface area contributed by atoms with Gasteiger partial charge in [-0.2, -0.15) is 0 Å². The Labute approximate surface area is 103 Å². The van der Waals surface area contributed by atoms with E-state index in [1.807, 2.05) is 18.2 Å². The van der Waals surface area contributed by atoms with Crippen molar-refractivity contribution in [2.24, 2.45) is 0 Å². The molecule has 2 atom stereocenters. The molecule has 1 aromatic rings. The molecular weight excluding hydrogens is 214 g/mol. The molecule has 3 heteroatoms. The second kappa shape index (κ2) is 5.52. The number of ether oxygens (including phenoxy) is 1. The number of aromatic hydroxyl groups is 1. The lowest BCUT2D eigenvalue weighted by Gasteiger charge is -2.37. The first-order valence-corrected chi connectivity index (χ1v) is 6.36. The van der Waals surface area contributed by atoms with Crippen molar-refractivity contribution in [3.05, 3.63) is 29.8 Å². The van der Waals surface area contributed by atoms with E-state index in [9.17, 15) is 5.11 Å². The van der Waals surface area contributed by atoms with Crippen molar-refractivity contribution in [1.29, 1.82) is 0 Å². The molecule has 3 nitrogen and oxygen atoms in total. The number of phenolic OH excluding ortho intramolecular Hbond substituents is 1. The highest BCUT2D eigenvalue weighted by Gasteiger charge is 2.25. The predicted molar refractivity (Wildman–Crippen MR) is 68.1 cm³/mol. The van der Waals surface area contributed by atoms with Crippen molar-refractivity contribution < 1.29 is 9.84 Å². The van der Waals surface area contributed by atoms with E-state index in [1.165, 1.54) is 0 Å². The second-order valence-corrected chi connectivity index (χ2v) is 4.66. The molecule has 1 aromatic carbocycles. The summed E-state index contributed by atoms with van der Waals surface area (Å²) in [5.41, 5.74) is 1.03. The van der Waals surface area contributed by atoms with Crippen LogP contribution in [0.1, 0.15) is 31.9 Å². The van der Waals surface area contributed by atoms with Gasteiger partial charge in [-0.15, -0.1) is 0 Å². The second-order valence-electron chi connectivity index (χ2n) is 4.66. The molecule has 0 spiro atoms. The average molecular weight is 235 g/mol. The molecule has 0 amide bonds. The van der Waals surface area contributed by atoms with Crippen molar-refractivity contribution >= 4 is 0 Å². The zero-order valence-corrected chi connectivity index (χ0v) is 10.6. The molecule has 0 radical (unpaired) electrons. The van der Waals surface area contributed by atoms with Crippen LogP contribution in [0.3, 0.4) is 0 Å². The van der Waals surface area contributed by atoms with Gasteiger partial charge >= 0.3 is 0 Å². The minimum absolute atomic E-state index is 0.281. The average Bonchev–Trinajstić information content (AvgIpc) is 2.33. The van der Waals surface area contributed by atoms with Gasteiger partial charge in [0.1, 0.15) is 5.75 Å². The van der Waals surface area contributed by atoms with Gasteiger partial charge in [0.15, 0.2) is 0 Å². The first-order valence-electron chi connectivity index (χ1n) is 6.36. The van der Waals surface area contributed by atoms with Gasteiger partial charge in [-0.25, -0.2) is 0 Å². The third-order valence-electron chi connectivity index (χ3n) is 3.40. The summed E-state index contributed by atoms with van der Waals surface area (Å²) in [5.74, 6) is 0.401. The topological polar surface area (TPSA) is 32.7 Å². The standard InChI is InChI=1S/C14H21NO2/c1-3-13(12-6-4-5-7-14(12)16)15-8-9-17-11(2)10-15/h4-7,11,13,16H,3,8-10H2,1-2H3. The molecule has 0 aromatic heterocycles. The zero-order chi connectivity index (χ0) is 12.3. The van der Waals surface area contributed by atoms with E-state index in [-0.39, 0.29) is 6.10 Å². The summed E-state index contributed by atoms with van der Waals surface area (Å²) in [6, 6.07) is 7.93. The number of morpholine rings is 1. The fourth-order valence-electron chi connectivity index (χ4n) is 2.57. The summed E-state index contributed by atoms with van der Waals surface area (Å²) < 4.78 is 5.56. The molecule has 0 bridgehead atoms. The molecule has 17 heavy (non-hydrogen) atoms. The largest absolute Gasteiger partial charge is 0.508 e. The van der Waals surface area contributed by atoms with Crippen LogP contribution in [0.2, 0.25) is 0 Å². The molecule has 0 saturated carbocycles. The van der Waals surface area contributed by atoms with E-state index >= 15 is 0 Å². The number of phenols is 1. The van der Waals surface area contributed by atoms with Crippen LogP contribution in [-0.2, 0) is 4.74 Å². The Morgan fingerprint density at radius 3 is 2.88 bits per heavy atom. The highest BCUT2D eigenvalue weighted by Crippen LogP contribution is 2.31. The normalized spacial score (nSPS) is 23.5. The van der Waals surface area contributed by atoms with Gasteiger partial charge in [0.25, 0.3) is 0 Å². The monoisotopic (exact) mass is 235 g/mol. The maximum Gasteiger partial charge on any atom is 0.120 e. The highest BCUT2D eigenvalue weighted by molar-refractivity contribution is 5.34. The van der Waals surface area contributed by atoms with E-state index in [1.54, 1.807) is 6.07 Å². The summed E-state index contributed by atoms with van der Waals surface area (Å²) in [6.45, 7) is 6.93. The van der Waals surface area contributed by atoms with E-state index in [0.717, 1.165) is 31.7 Å². The van der Waals surface area contributed by atoms with Gasteiger partial charge in [0.05, 0.1) is 12.7 Å². The molecule has 94 valence electrons. The summed E-state index contributed by atoms with van der Waals surface area (Å²) in [7, 11) is 0. The van der Waals surface area contributed by atoms with E-state index in [4.69, 9.17) is 4.74 Å². The van der Waals surface area contributed by atoms with Crippen LogP contribution < -0.4 is 0 Å². The Kier molecular flexibility index (Phi) is 4.02. The fraction of sp³-hybridized carbons (Fsp3) is 0.571. The number of benzene rings is 1. The van der Waals surface area contributed by atoms with Crippen LogP contribution in [0.15, 0.2) is 24.3 Å². The van der Waals surface area contributed by atoms with Gasteiger partial charge in [-0.05, 0) is 19.4 Å². The Bertz CT molecular complexity index is 367. The first kappa shape index (κ1) is 12.4. The van der Waals surface area contributed by atoms with E-state index in [0.29, 0.717) is 11.8 Å². The Hall–Kier alpha value is -1.06. The molecule has 2 rings (SSSR count). The summed E-state index contributed by atoms with van der Waals surface area (Å²) >= 11 is 0. The molecule has 1 N–H and O–H groups in total. The minimum atomic E-state index is 0.281. The summed E-state index contributed by atoms with van der Waals surface area (Å²) in [4.78, 5) is 2.41. The lowest BCUT2D eigenvalue weighted by molar-refractivity contribution is -0.0355. The van der Waals surface area contributed by atoms with Crippen LogP contribution in [-0.4, -0.2) is 35.8 Å². The molecule has 1 aliphatic heterocycles. The van der Waals surface area contributed by atoms with Gasteiger partial charge in [-0.1, -0.05) is 25.1 Å². The fourth-order valence-corrected chi connectivity index (χ4v) is 2.57. The molecule has 0 aliphatic carbocycles. The van der Waals surface area contributed by atoms with Gasteiger partial charge in [0.2, 0.25) is 0 Å². The maximum atomic E-state index is 9.95. The van der Waals surface area contributed by atoms with Gasteiger partial charge in [0, 0.05) is 24.7 Å². The lowest BCUT2D eigenvalue weighted by atomic mass is 10.0. The first-order chi connectivity index (χ1) is 8.22. The number of nitrogens with zero attached hydrogens (tertiary/aromatic N) is 1. The molecule has 1 saturated heterocycles. The molecule has 1 aliphatic rings. The van der Waals surface area contributed by atoms with Crippen molar-refractivity contribution in [3.8, 4) is 5.75 Å². The third kappa shape index (κ3) is 2.79. The minimum Gasteiger partial charge on any atom is -0.508 e. The molecule has 2 unspecified atom stereocenters. The van der Waals surface area contributed by atoms with E-state index < -0.39 is 0 Å². The summed E-state index contributed by atoms with van der Waals surface area (Å²) in [5, 5.41) is 9.95. The van der Waals surface area contributed by atoms with Crippen LogP contribution >= 0.6 is 0 Å². The number of hydrogen-bond acceptors (Lipinski definition) is 3. The van der Waals surface area contributed by atoms with Crippen LogP contribution in [0.25, 0.3) is 0 Å².